The van der Waals surface area contributed by atoms with Crippen LogP contribution >= 0.6 is 0 Å². The van der Waals surface area contributed by atoms with Gasteiger partial charge in [0.2, 0.25) is 5.91 Å². The number of amides is 1. The Morgan fingerprint density at radius 2 is 2.38 bits per heavy atom. The van der Waals surface area contributed by atoms with Gasteiger partial charge in [0.15, 0.2) is 0 Å². The summed E-state index contributed by atoms with van der Waals surface area (Å²) >= 11 is 0. The first-order valence-electron chi connectivity index (χ1n) is 5.67. The Hall–Kier alpha value is -1.29. The highest BCUT2D eigenvalue weighted by Crippen LogP contribution is 2.06. The number of hydrogen-bond donors (Lipinski definition) is 2. The van der Waals surface area contributed by atoms with E-state index in [9.17, 15) is 4.79 Å². The Labute approximate surface area is 96.3 Å². The van der Waals surface area contributed by atoms with Gasteiger partial charge in [-0.25, -0.2) is 0 Å². The molecule has 0 fully saturated rings. The number of likely N-dealkylation sites (N-methyl/N-ethyl adjacent to an activating group) is 1. The lowest BCUT2D eigenvalue weighted by molar-refractivity contribution is -0.135. The van der Waals surface area contributed by atoms with Crippen LogP contribution in [0.15, 0.2) is 18.3 Å². The number of carbonyl (C=O) groups is 1. The fraction of sp³-hybridized carbons (Fsp3) is 0.583. The molecular weight excluding hydrogens is 204 g/mol. The van der Waals surface area contributed by atoms with E-state index in [-0.39, 0.29) is 18.4 Å². The summed E-state index contributed by atoms with van der Waals surface area (Å²) in [5.41, 5.74) is 1.12. The van der Waals surface area contributed by atoms with Crippen LogP contribution in [-0.2, 0) is 11.2 Å². The summed E-state index contributed by atoms with van der Waals surface area (Å²) in [7, 11) is 1.78. The molecule has 1 aromatic rings. The van der Waals surface area contributed by atoms with E-state index in [0.29, 0.717) is 13.0 Å². The molecule has 16 heavy (non-hydrogen) atoms. The minimum Gasteiger partial charge on any atom is -0.396 e. The molecule has 0 saturated carbocycles. The predicted molar refractivity (Wildman–Crippen MR) is 63.0 cm³/mol. The monoisotopic (exact) mass is 224 g/mol. The summed E-state index contributed by atoms with van der Waals surface area (Å²) in [5, 5.41) is 9.04. The molecule has 1 amide bonds. The number of aliphatic hydroxyl groups excluding tert-OH is 1. The van der Waals surface area contributed by atoms with E-state index in [1.807, 2.05) is 25.3 Å². The van der Waals surface area contributed by atoms with Crippen LogP contribution in [0.5, 0.6) is 0 Å². The molecule has 0 radical (unpaired) electrons. The molecular formula is C12H20N2O2. The molecule has 0 aliphatic heterocycles. The molecule has 0 aromatic carbocycles. The lowest BCUT2D eigenvalue weighted by Gasteiger charge is -2.21. The Balaban J connectivity index is 2.39. The quantitative estimate of drug-likeness (QED) is 0.758. The first-order chi connectivity index (χ1) is 7.69. The smallest absolute Gasteiger partial charge is 0.227 e. The standard InChI is InChI=1S/C12H20N2O2/c1-3-10(9-15)12(16)14(2)8-6-11-5-4-7-13-11/h4-5,7,10,13,15H,3,6,8-9H2,1-2H3. The normalized spacial score (nSPS) is 12.4. The molecule has 4 heteroatoms. The Kier molecular flexibility index (Phi) is 5.05. The van der Waals surface area contributed by atoms with Crippen molar-refractivity contribution in [3.63, 3.8) is 0 Å². The average Bonchev–Trinajstić information content (AvgIpc) is 2.80. The molecule has 2 N–H and O–H groups in total. The predicted octanol–water partition coefficient (Wildman–Crippen LogP) is 1.03. The average molecular weight is 224 g/mol. The highest BCUT2D eigenvalue weighted by molar-refractivity contribution is 5.78. The van der Waals surface area contributed by atoms with Gasteiger partial charge in [0, 0.05) is 31.9 Å². The third kappa shape index (κ3) is 3.38. The van der Waals surface area contributed by atoms with Crippen molar-refractivity contribution in [3.05, 3.63) is 24.0 Å². The molecule has 0 aliphatic rings. The summed E-state index contributed by atoms with van der Waals surface area (Å²) in [4.78, 5) is 16.6. The van der Waals surface area contributed by atoms with E-state index in [2.05, 4.69) is 4.98 Å². The molecule has 1 aromatic heterocycles. The zero-order valence-corrected chi connectivity index (χ0v) is 9.94. The van der Waals surface area contributed by atoms with E-state index >= 15 is 0 Å². The van der Waals surface area contributed by atoms with Crippen LogP contribution in [0.4, 0.5) is 0 Å². The van der Waals surface area contributed by atoms with Crippen LogP contribution in [0.25, 0.3) is 0 Å². The first-order valence-corrected chi connectivity index (χ1v) is 5.67. The summed E-state index contributed by atoms with van der Waals surface area (Å²) < 4.78 is 0. The van der Waals surface area contributed by atoms with Gasteiger partial charge in [-0.05, 0) is 18.6 Å². The van der Waals surface area contributed by atoms with Crippen molar-refractivity contribution >= 4 is 5.91 Å². The number of hydrogen-bond acceptors (Lipinski definition) is 2. The van der Waals surface area contributed by atoms with Crippen molar-refractivity contribution in [2.45, 2.75) is 19.8 Å². The van der Waals surface area contributed by atoms with Gasteiger partial charge >= 0.3 is 0 Å². The molecule has 1 heterocycles. The second-order valence-electron chi connectivity index (χ2n) is 3.99. The molecule has 4 nitrogen and oxygen atoms in total. The molecule has 0 saturated heterocycles. The molecule has 0 bridgehead atoms. The molecule has 1 rings (SSSR count). The number of nitrogens with zero attached hydrogens (tertiary/aromatic N) is 1. The molecule has 90 valence electrons. The van der Waals surface area contributed by atoms with Crippen molar-refractivity contribution in [2.24, 2.45) is 5.92 Å². The lowest BCUT2D eigenvalue weighted by Crippen LogP contribution is -2.35. The van der Waals surface area contributed by atoms with Crippen LogP contribution < -0.4 is 0 Å². The minimum absolute atomic E-state index is 0.0246. The number of aliphatic hydroxyl groups is 1. The SMILES string of the molecule is CCC(CO)C(=O)N(C)CCc1ccc[nH]1. The van der Waals surface area contributed by atoms with Gasteiger partial charge in [0.25, 0.3) is 0 Å². The number of aromatic nitrogens is 1. The number of H-pyrrole nitrogens is 1. The number of aromatic amines is 1. The summed E-state index contributed by atoms with van der Waals surface area (Å²) in [6.45, 7) is 2.52. The van der Waals surface area contributed by atoms with Crippen molar-refractivity contribution in [1.29, 1.82) is 0 Å². The van der Waals surface area contributed by atoms with Crippen molar-refractivity contribution in [3.8, 4) is 0 Å². The van der Waals surface area contributed by atoms with E-state index < -0.39 is 0 Å². The van der Waals surface area contributed by atoms with Gasteiger partial charge < -0.3 is 15.0 Å². The molecule has 0 aliphatic carbocycles. The topological polar surface area (TPSA) is 56.3 Å². The van der Waals surface area contributed by atoms with Crippen LogP contribution in [0.1, 0.15) is 19.0 Å². The molecule has 1 unspecified atom stereocenters. The van der Waals surface area contributed by atoms with Gasteiger partial charge in [0.1, 0.15) is 0 Å². The maximum Gasteiger partial charge on any atom is 0.227 e. The summed E-state index contributed by atoms with van der Waals surface area (Å²) in [6, 6.07) is 3.95. The maximum absolute atomic E-state index is 11.8. The third-order valence-corrected chi connectivity index (χ3v) is 2.82. The maximum atomic E-state index is 11.8. The highest BCUT2D eigenvalue weighted by atomic mass is 16.3. The van der Waals surface area contributed by atoms with Crippen LogP contribution in [0, 0.1) is 5.92 Å². The zero-order valence-electron chi connectivity index (χ0n) is 9.94. The van der Waals surface area contributed by atoms with Gasteiger partial charge in [-0.3, -0.25) is 4.79 Å². The van der Waals surface area contributed by atoms with Gasteiger partial charge in [-0.15, -0.1) is 0 Å². The van der Waals surface area contributed by atoms with Gasteiger partial charge in [-0.2, -0.15) is 0 Å². The minimum atomic E-state index is -0.256. The van der Waals surface area contributed by atoms with E-state index in [4.69, 9.17) is 5.11 Å². The van der Waals surface area contributed by atoms with Gasteiger partial charge in [-0.1, -0.05) is 6.92 Å². The largest absolute Gasteiger partial charge is 0.396 e. The molecule has 1 atom stereocenters. The van der Waals surface area contributed by atoms with Crippen LogP contribution in [0.3, 0.4) is 0 Å². The van der Waals surface area contributed by atoms with E-state index in [1.165, 1.54) is 0 Å². The van der Waals surface area contributed by atoms with Crippen molar-refractivity contribution in [2.75, 3.05) is 20.2 Å². The highest BCUT2D eigenvalue weighted by Gasteiger charge is 2.18. The van der Waals surface area contributed by atoms with Crippen LogP contribution in [-0.4, -0.2) is 41.1 Å². The summed E-state index contributed by atoms with van der Waals surface area (Å²) in [5.74, 6) is -0.231. The fourth-order valence-corrected chi connectivity index (χ4v) is 1.61. The van der Waals surface area contributed by atoms with Crippen LogP contribution in [0.2, 0.25) is 0 Å². The Morgan fingerprint density at radius 3 is 2.88 bits per heavy atom. The zero-order chi connectivity index (χ0) is 12.0. The Morgan fingerprint density at radius 1 is 1.62 bits per heavy atom. The Bertz CT molecular complexity index is 305. The number of carbonyl (C=O) groups excluding carboxylic acids is 1. The molecule has 0 spiro atoms. The third-order valence-electron chi connectivity index (χ3n) is 2.82. The van der Waals surface area contributed by atoms with E-state index in [1.54, 1.807) is 11.9 Å². The number of nitrogens with one attached hydrogen (secondary N) is 1. The fourth-order valence-electron chi connectivity index (χ4n) is 1.61. The summed E-state index contributed by atoms with van der Waals surface area (Å²) in [6.07, 6.45) is 3.37. The van der Waals surface area contributed by atoms with Gasteiger partial charge in [0.05, 0.1) is 12.5 Å². The number of rotatable bonds is 6. The van der Waals surface area contributed by atoms with E-state index in [0.717, 1.165) is 12.1 Å². The second kappa shape index (κ2) is 6.33. The van der Waals surface area contributed by atoms with Crippen molar-refractivity contribution in [1.82, 2.24) is 9.88 Å². The first kappa shape index (κ1) is 12.8. The lowest BCUT2D eigenvalue weighted by atomic mass is 10.1. The van der Waals surface area contributed by atoms with Crippen molar-refractivity contribution < 1.29 is 9.90 Å². The second-order valence-corrected chi connectivity index (χ2v) is 3.99.